The molecule has 4 rings (SSSR count). The normalized spacial score (nSPS) is 10.7. The van der Waals surface area contributed by atoms with Crippen LogP contribution in [-0.4, -0.2) is 14.5 Å². The lowest BCUT2D eigenvalue weighted by atomic mass is 10.1. The lowest BCUT2D eigenvalue weighted by molar-refractivity contribution is -0.384. The maximum absolute atomic E-state index is 11.6. The molecular formula is C21H14BrN3O2. The second kappa shape index (κ2) is 7.17. The average Bonchev–Trinajstić information content (AvgIpc) is 3.14. The molecule has 1 aromatic heterocycles. The molecule has 6 heteroatoms. The van der Waals surface area contributed by atoms with E-state index in [0.717, 1.165) is 17.1 Å². The van der Waals surface area contributed by atoms with Crippen LogP contribution in [-0.2, 0) is 0 Å². The second-order valence-electron chi connectivity index (χ2n) is 5.92. The topological polar surface area (TPSA) is 61.0 Å². The average molecular weight is 420 g/mol. The van der Waals surface area contributed by atoms with Crippen LogP contribution in [0.25, 0.3) is 28.3 Å². The number of para-hydroxylation sites is 1. The molecule has 0 fully saturated rings. The fraction of sp³-hybridized carbons (Fsp3) is 0. The van der Waals surface area contributed by atoms with Crippen LogP contribution in [0, 0.1) is 10.1 Å². The number of imidazole rings is 1. The van der Waals surface area contributed by atoms with Crippen LogP contribution < -0.4 is 0 Å². The first-order valence-electron chi connectivity index (χ1n) is 8.28. The molecule has 0 atom stereocenters. The summed E-state index contributed by atoms with van der Waals surface area (Å²) in [5.41, 5.74) is 3.04. The fourth-order valence-electron chi connectivity index (χ4n) is 3.04. The third-order valence-corrected chi connectivity index (χ3v) is 4.73. The Hall–Kier alpha value is -3.25. The monoisotopic (exact) mass is 419 g/mol. The minimum absolute atomic E-state index is 0.0288. The first-order chi connectivity index (χ1) is 13.1. The minimum Gasteiger partial charge on any atom is -0.292 e. The van der Waals surface area contributed by atoms with E-state index in [-0.39, 0.29) is 10.6 Å². The van der Waals surface area contributed by atoms with E-state index in [0.29, 0.717) is 15.7 Å². The molecule has 0 amide bonds. The zero-order valence-corrected chi connectivity index (χ0v) is 15.7. The number of benzene rings is 3. The van der Waals surface area contributed by atoms with Gasteiger partial charge in [0.1, 0.15) is 5.82 Å². The van der Waals surface area contributed by atoms with Crippen molar-refractivity contribution in [2.75, 3.05) is 0 Å². The summed E-state index contributed by atoms with van der Waals surface area (Å²) in [4.78, 5) is 15.8. The number of halogens is 1. The number of nitro benzene ring substituents is 1. The highest BCUT2D eigenvalue weighted by Crippen LogP contribution is 2.36. The Kier molecular flexibility index (Phi) is 4.56. The molecule has 4 aromatic rings. The van der Waals surface area contributed by atoms with E-state index in [1.165, 1.54) is 6.07 Å². The summed E-state index contributed by atoms with van der Waals surface area (Å²) in [6, 6.07) is 24.6. The molecule has 27 heavy (non-hydrogen) atoms. The molecule has 0 spiro atoms. The van der Waals surface area contributed by atoms with Crippen molar-refractivity contribution in [2.45, 2.75) is 0 Å². The van der Waals surface area contributed by atoms with Gasteiger partial charge >= 0.3 is 0 Å². The summed E-state index contributed by atoms with van der Waals surface area (Å²) in [6.07, 6.45) is 1.69. The van der Waals surface area contributed by atoms with Gasteiger partial charge in [-0.05, 0) is 24.3 Å². The maximum Gasteiger partial charge on any atom is 0.279 e. The van der Waals surface area contributed by atoms with Gasteiger partial charge in [0.2, 0.25) is 0 Å². The van der Waals surface area contributed by atoms with Gasteiger partial charge in [0.25, 0.3) is 5.69 Å². The van der Waals surface area contributed by atoms with Crippen molar-refractivity contribution in [1.29, 1.82) is 0 Å². The quantitative estimate of drug-likeness (QED) is 0.306. The molecule has 0 radical (unpaired) electrons. The Morgan fingerprint density at radius 1 is 0.926 bits per heavy atom. The molecule has 0 N–H and O–H groups in total. The first kappa shape index (κ1) is 17.2. The molecule has 0 aliphatic rings. The summed E-state index contributed by atoms with van der Waals surface area (Å²) >= 11 is 3.32. The molecule has 5 nitrogen and oxygen atoms in total. The fourth-order valence-corrected chi connectivity index (χ4v) is 3.39. The highest BCUT2D eigenvalue weighted by molar-refractivity contribution is 9.10. The van der Waals surface area contributed by atoms with Crippen molar-refractivity contribution < 1.29 is 4.92 Å². The first-order valence-corrected chi connectivity index (χ1v) is 9.07. The van der Waals surface area contributed by atoms with Gasteiger partial charge in [-0.3, -0.25) is 14.7 Å². The molecule has 0 saturated carbocycles. The van der Waals surface area contributed by atoms with E-state index in [2.05, 4.69) is 20.9 Å². The predicted molar refractivity (Wildman–Crippen MR) is 109 cm³/mol. The molecule has 132 valence electrons. The lowest BCUT2D eigenvalue weighted by Gasteiger charge is -2.13. The number of nitro groups is 1. The summed E-state index contributed by atoms with van der Waals surface area (Å²) in [6.45, 7) is 0. The zero-order chi connectivity index (χ0) is 18.8. The van der Waals surface area contributed by atoms with Gasteiger partial charge in [0.05, 0.1) is 22.4 Å². The molecule has 0 saturated heterocycles. The molecule has 0 bridgehead atoms. The molecular weight excluding hydrogens is 406 g/mol. The van der Waals surface area contributed by atoms with E-state index in [1.807, 2.05) is 65.2 Å². The number of hydrogen-bond donors (Lipinski definition) is 0. The van der Waals surface area contributed by atoms with Crippen LogP contribution in [0.15, 0.2) is 89.5 Å². The number of aromatic nitrogens is 2. The summed E-state index contributed by atoms with van der Waals surface area (Å²) in [5.74, 6) is 0.731. The van der Waals surface area contributed by atoms with Crippen LogP contribution in [0.3, 0.4) is 0 Å². The van der Waals surface area contributed by atoms with Gasteiger partial charge in [-0.25, -0.2) is 4.98 Å². The summed E-state index contributed by atoms with van der Waals surface area (Å²) in [7, 11) is 0. The van der Waals surface area contributed by atoms with E-state index in [1.54, 1.807) is 18.3 Å². The number of hydrogen-bond acceptors (Lipinski definition) is 3. The SMILES string of the molecule is O=[N+]([O-])c1cc(Br)ccc1-c1cnc(-c2ccccc2)n1-c1ccccc1. The Labute approximate surface area is 164 Å². The summed E-state index contributed by atoms with van der Waals surface area (Å²) in [5, 5.41) is 11.6. The third-order valence-electron chi connectivity index (χ3n) is 4.24. The Morgan fingerprint density at radius 2 is 1.59 bits per heavy atom. The van der Waals surface area contributed by atoms with E-state index in [4.69, 9.17) is 0 Å². The van der Waals surface area contributed by atoms with Gasteiger partial charge in [0.15, 0.2) is 0 Å². The molecule has 0 unspecified atom stereocenters. The highest BCUT2D eigenvalue weighted by atomic mass is 79.9. The molecule has 0 aliphatic heterocycles. The largest absolute Gasteiger partial charge is 0.292 e. The van der Waals surface area contributed by atoms with Gasteiger partial charge in [-0.1, -0.05) is 64.5 Å². The van der Waals surface area contributed by atoms with E-state index < -0.39 is 0 Å². The summed E-state index contributed by atoms with van der Waals surface area (Å²) < 4.78 is 2.61. The smallest absolute Gasteiger partial charge is 0.279 e. The van der Waals surface area contributed by atoms with Crippen molar-refractivity contribution in [2.24, 2.45) is 0 Å². The minimum atomic E-state index is -0.370. The predicted octanol–water partition coefficient (Wildman–Crippen LogP) is 5.88. The van der Waals surface area contributed by atoms with E-state index in [9.17, 15) is 10.1 Å². The third kappa shape index (κ3) is 3.27. The van der Waals surface area contributed by atoms with Gasteiger partial charge in [-0.15, -0.1) is 0 Å². The molecule has 1 heterocycles. The number of nitrogens with zero attached hydrogens (tertiary/aromatic N) is 3. The van der Waals surface area contributed by atoms with E-state index >= 15 is 0 Å². The van der Waals surface area contributed by atoms with Crippen molar-refractivity contribution in [3.05, 3.63) is 99.6 Å². The van der Waals surface area contributed by atoms with Crippen LogP contribution in [0.5, 0.6) is 0 Å². The Morgan fingerprint density at radius 3 is 2.26 bits per heavy atom. The number of rotatable bonds is 4. The van der Waals surface area contributed by atoms with Crippen LogP contribution >= 0.6 is 15.9 Å². The van der Waals surface area contributed by atoms with Gasteiger partial charge < -0.3 is 0 Å². The molecule has 0 aliphatic carbocycles. The van der Waals surface area contributed by atoms with Gasteiger partial charge in [0, 0.05) is 21.8 Å². The highest BCUT2D eigenvalue weighted by Gasteiger charge is 2.22. The van der Waals surface area contributed by atoms with Crippen molar-refractivity contribution in [3.63, 3.8) is 0 Å². The van der Waals surface area contributed by atoms with Crippen LogP contribution in [0.2, 0.25) is 0 Å². The molecule has 3 aromatic carbocycles. The lowest BCUT2D eigenvalue weighted by Crippen LogP contribution is -2.01. The van der Waals surface area contributed by atoms with Crippen LogP contribution in [0.4, 0.5) is 5.69 Å². The van der Waals surface area contributed by atoms with Crippen molar-refractivity contribution >= 4 is 21.6 Å². The zero-order valence-electron chi connectivity index (χ0n) is 14.1. The van der Waals surface area contributed by atoms with Crippen LogP contribution in [0.1, 0.15) is 0 Å². The van der Waals surface area contributed by atoms with Crippen molar-refractivity contribution in [1.82, 2.24) is 9.55 Å². The Bertz CT molecular complexity index is 1110. The van der Waals surface area contributed by atoms with Gasteiger partial charge in [-0.2, -0.15) is 0 Å². The van der Waals surface area contributed by atoms with Crippen molar-refractivity contribution in [3.8, 4) is 28.3 Å². The standard InChI is InChI=1S/C21H14BrN3O2/c22-16-11-12-18(19(13-16)25(26)27)20-14-23-21(15-7-3-1-4-8-15)24(20)17-9-5-2-6-10-17/h1-14H. The Balaban J connectivity index is 2.01. The maximum atomic E-state index is 11.6. The second-order valence-corrected chi connectivity index (χ2v) is 6.84.